The van der Waals surface area contributed by atoms with Crippen molar-refractivity contribution < 1.29 is 9.59 Å². The highest BCUT2D eigenvalue weighted by atomic mass is 16.1. The first-order chi connectivity index (χ1) is 13.7. The first-order valence-electron chi connectivity index (χ1n) is 12.5. The minimum atomic E-state index is 0.154. The molecule has 4 aliphatic carbocycles. The normalized spacial score (nSPS) is 42.7. The summed E-state index contributed by atoms with van der Waals surface area (Å²) in [5.41, 5.74) is 2.05. The van der Waals surface area contributed by atoms with Gasteiger partial charge in [-0.05, 0) is 91.9 Å². The second-order valence-electron chi connectivity index (χ2n) is 11.8. The van der Waals surface area contributed by atoms with Crippen molar-refractivity contribution in [1.82, 2.24) is 0 Å². The third-order valence-corrected chi connectivity index (χ3v) is 10.1. The molecule has 29 heavy (non-hydrogen) atoms. The highest BCUT2D eigenvalue weighted by Gasteiger charge is 2.60. The van der Waals surface area contributed by atoms with Gasteiger partial charge in [0.05, 0.1) is 0 Å². The first kappa shape index (κ1) is 21.3. The van der Waals surface area contributed by atoms with E-state index in [2.05, 4.69) is 26.8 Å². The summed E-state index contributed by atoms with van der Waals surface area (Å²) in [6, 6.07) is 0. The van der Waals surface area contributed by atoms with Crippen LogP contribution in [-0.2, 0) is 9.59 Å². The predicted molar refractivity (Wildman–Crippen MR) is 118 cm³/mol. The SMILES string of the molecule is CC(C)C(=O)CC[C@@H](C)[C@H]1CC[C@H]2[C@@H]3C(=O)C=C4CCCC[C@]4(C)[C@H]3CC[C@]12C. The molecule has 0 saturated heterocycles. The fourth-order valence-electron chi connectivity index (χ4n) is 8.27. The summed E-state index contributed by atoms with van der Waals surface area (Å²) in [6.07, 6.45) is 13.9. The zero-order valence-electron chi connectivity index (χ0n) is 19.4. The Morgan fingerprint density at radius 3 is 2.55 bits per heavy atom. The van der Waals surface area contributed by atoms with Gasteiger partial charge in [-0.1, -0.05) is 46.6 Å². The molecule has 4 rings (SSSR count). The highest BCUT2D eigenvalue weighted by Crippen LogP contribution is 2.66. The molecule has 0 aromatic heterocycles. The number of fused-ring (bicyclic) bond motifs is 5. The molecule has 0 N–H and O–H groups in total. The molecule has 4 aliphatic rings. The third kappa shape index (κ3) is 3.37. The van der Waals surface area contributed by atoms with Crippen molar-refractivity contribution in [2.75, 3.05) is 0 Å². The smallest absolute Gasteiger partial charge is 0.159 e. The molecule has 2 heteroatoms. The molecule has 0 aliphatic heterocycles. The maximum atomic E-state index is 13.4. The van der Waals surface area contributed by atoms with Crippen LogP contribution >= 0.6 is 0 Å². The molecule has 0 amide bonds. The van der Waals surface area contributed by atoms with Crippen molar-refractivity contribution in [2.45, 2.75) is 98.8 Å². The second kappa shape index (κ2) is 7.65. The molecule has 2 nitrogen and oxygen atoms in total. The molecular formula is C27H42O2. The third-order valence-electron chi connectivity index (χ3n) is 10.1. The molecule has 0 unspecified atom stereocenters. The van der Waals surface area contributed by atoms with Crippen molar-refractivity contribution in [3.8, 4) is 0 Å². The Hall–Kier alpha value is -0.920. The molecule has 7 atom stereocenters. The van der Waals surface area contributed by atoms with Crippen LogP contribution in [0.25, 0.3) is 0 Å². The number of carbonyl (C=O) groups is 2. The number of Topliss-reactive ketones (excluding diaryl/α,β-unsaturated/α-hetero) is 1. The zero-order chi connectivity index (χ0) is 21.0. The summed E-state index contributed by atoms with van der Waals surface area (Å²) < 4.78 is 0. The van der Waals surface area contributed by atoms with E-state index < -0.39 is 0 Å². The van der Waals surface area contributed by atoms with E-state index in [-0.39, 0.29) is 22.7 Å². The van der Waals surface area contributed by atoms with Crippen LogP contribution in [0, 0.1) is 46.3 Å². The Labute approximate surface area is 178 Å². The lowest BCUT2D eigenvalue weighted by atomic mass is 9.47. The summed E-state index contributed by atoms with van der Waals surface area (Å²) >= 11 is 0. The van der Waals surface area contributed by atoms with Gasteiger partial charge in [0.1, 0.15) is 5.78 Å². The summed E-state index contributed by atoms with van der Waals surface area (Å²) in [5, 5.41) is 0. The molecule has 162 valence electrons. The van der Waals surface area contributed by atoms with Crippen LogP contribution in [0.5, 0.6) is 0 Å². The minimum Gasteiger partial charge on any atom is -0.299 e. The van der Waals surface area contributed by atoms with Crippen molar-refractivity contribution in [2.24, 2.45) is 46.3 Å². The second-order valence-corrected chi connectivity index (χ2v) is 11.8. The van der Waals surface area contributed by atoms with Gasteiger partial charge in [-0.15, -0.1) is 0 Å². The van der Waals surface area contributed by atoms with Crippen molar-refractivity contribution in [1.29, 1.82) is 0 Å². The average Bonchev–Trinajstić information content (AvgIpc) is 3.03. The number of rotatable bonds is 5. The quantitative estimate of drug-likeness (QED) is 0.512. The maximum Gasteiger partial charge on any atom is 0.159 e. The zero-order valence-corrected chi connectivity index (χ0v) is 19.4. The van der Waals surface area contributed by atoms with Gasteiger partial charge in [-0.25, -0.2) is 0 Å². The van der Waals surface area contributed by atoms with E-state index in [9.17, 15) is 9.59 Å². The molecule has 3 saturated carbocycles. The average molecular weight is 399 g/mol. The van der Waals surface area contributed by atoms with Crippen LogP contribution in [0.3, 0.4) is 0 Å². The van der Waals surface area contributed by atoms with Gasteiger partial charge in [0.15, 0.2) is 5.78 Å². The highest BCUT2D eigenvalue weighted by molar-refractivity contribution is 5.94. The van der Waals surface area contributed by atoms with Gasteiger partial charge >= 0.3 is 0 Å². The summed E-state index contributed by atoms with van der Waals surface area (Å²) in [7, 11) is 0. The van der Waals surface area contributed by atoms with E-state index >= 15 is 0 Å². The Bertz CT molecular complexity index is 703. The Balaban J connectivity index is 1.54. The Morgan fingerprint density at radius 1 is 1.07 bits per heavy atom. The maximum absolute atomic E-state index is 13.4. The van der Waals surface area contributed by atoms with E-state index in [1.807, 2.05) is 13.8 Å². The fraction of sp³-hybridized carbons (Fsp3) is 0.852. The molecule has 0 spiro atoms. The van der Waals surface area contributed by atoms with Crippen LogP contribution < -0.4 is 0 Å². The Kier molecular flexibility index (Phi) is 5.62. The van der Waals surface area contributed by atoms with Crippen molar-refractivity contribution >= 4 is 11.6 Å². The van der Waals surface area contributed by atoms with E-state index in [4.69, 9.17) is 0 Å². The van der Waals surface area contributed by atoms with Gasteiger partial charge in [0.25, 0.3) is 0 Å². The number of carbonyl (C=O) groups excluding carboxylic acids is 2. The Morgan fingerprint density at radius 2 is 1.83 bits per heavy atom. The van der Waals surface area contributed by atoms with Crippen LogP contribution in [-0.4, -0.2) is 11.6 Å². The minimum absolute atomic E-state index is 0.154. The van der Waals surface area contributed by atoms with E-state index in [1.165, 1.54) is 50.5 Å². The lowest BCUT2D eigenvalue weighted by Crippen LogP contribution is -2.53. The van der Waals surface area contributed by atoms with E-state index in [0.29, 0.717) is 35.2 Å². The van der Waals surface area contributed by atoms with Crippen LogP contribution in [0.1, 0.15) is 98.8 Å². The number of hydrogen-bond acceptors (Lipinski definition) is 2. The largest absolute Gasteiger partial charge is 0.299 e. The fourth-order valence-corrected chi connectivity index (χ4v) is 8.27. The topological polar surface area (TPSA) is 34.1 Å². The van der Waals surface area contributed by atoms with Crippen LogP contribution in [0.4, 0.5) is 0 Å². The number of allylic oxidation sites excluding steroid dienone is 2. The van der Waals surface area contributed by atoms with Gasteiger partial charge < -0.3 is 0 Å². The molecule has 0 aromatic carbocycles. The molecule has 0 aromatic rings. The number of ketones is 2. The number of hydrogen-bond donors (Lipinski definition) is 0. The molecule has 0 bridgehead atoms. The van der Waals surface area contributed by atoms with Crippen LogP contribution in [0.2, 0.25) is 0 Å². The van der Waals surface area contributed by atoms with Gasteiger partial charge in [0, 0.05) is 18.3 Å². The standard InChI is InChI=1S/C27H42O2/c1-17(2)23(28)12-9-18(3)20-10-11-21-25-22(13-15-27(20,21)5)26(4)14-7-6-8-19(26)16-24(25)29/h16-18,20-22,25H,6-15H2,1-5H3/t18-,20-,21+,22+,25+,26+,27-/m1/s1. The summed E-state index contributed by atoms with van der Waals surface area (Å²) in [6.45, 7) is 11.4. The monoisotopic (exact) mass is 398 g/mol. The van der Waals surface area contributed by atoms with E-state index in [0.717, 1.165) is 19.3 Å². The summed E-state index contributed by atoms with van der Waals surface area (Å²) in [5.74, 6) is 3.67. The van der Waals surface area contributed by atoms with Crippen molar-refractivity contribution in [3.63, 3.8) is 0 Å². The lowest BCUT2D eigenvalue weighted by molar-refractivity contribution is -0.134. The first-order valence-corrected chi connectivity index (χ1v) is 12.5. The molecule has 0 radical (unpaired) electrons. The van der Waals surface area contributed by atoms with Crippen LogP contribution in [0.15, 0.2) is 11.6 Å². The van der Waals surface area contributed by atoms with Crippen molar-refractivity contribution in [3.05, 3.63) is 11.6 Å². The lowest BCUT2D eigenvalue weighted by Gasteiger charge is -2.57. The predicted octanol–water partition coefficient (Wildman–Crippen LogP) is 6.78. The molecular weight excluding hydrogens is 356 g/mol. The van der Waals surface area contributed by atoms with Gasteiger partial charge in [0.2, 0.25) is 0 Å². The van der Waals surface area contributed by atoms with Gasteiger partial charge in [-0.3, -0.25) is 9.59 Å². The summed E-state index contributed by atoms with van der Waals surface area (Å²) in [4.78, 5) is 25.5. The molecule has 0 heterocycles. The van der Waals surface area contributed by atoms with Gasteiger partial charge in [-0.2, -0.15) is 0 Å². The molecule has 3 fully saturated rings. The van der Waals surface area contributed by atoms with E-state index in [1.54, 1.807) is 0 Å².